The molecule has 0 atom stereocenters. The van der Waals surface area contributed by atoms with E-state index >= 15 is 0 Å². The van der Waals surface area contributed by atoms with Gasteiger partial charge in [-0.2, -0.15) is 0 Å². The average molecular weight is 212 g/mol. The van der Waals surface area contributed by atoms with Crippen molar-refractivity contribution in [2.45, 2.75) is 26.7 Å². The van der Waals surface area contributed by atoms with Crippen LogP contribution >= 0.6 is 0 Å². The molecular formula is C11H16O4. The van der Waals surface area contributed by atoms with Gasteiger partial charge in [-0.3, -0.25) is 9.59 Å². The van der Waals surface area contributed by atoms with E-state index < -0.39 is 17.4 Å². The summed E-state index contributed by atoms with van der Waals surface area (Å²) >= 11 is 0. The van der Waals surface area contributed by atoms with Gasteiger partial charge in [0.05, 0.1) is 14.2 Å². The molecule has 0 N–H and O–H groups in total. The van der Waals surface area contributed by atoms with Crippen molar-refractivity contribution >= 4 is 11.9 Å². The van der Waals surface area contributed by atoms with Gasteiger partial charge < -0.3 is 9.47 Å². The molecule has 0 aliphatic rings. The minimum Gasteiger partial charge on any atom is -0.468 e. The van der Waals surface area contributed by atoms with Gasteiger partial charge in [-0.1, -0.05) is 6.92 Å². The number of hydrogen-bond acceptors (Lipinski definition) is 4. The maximum absolute atomic E-state index is 11.6. The summed E-state index contributed by atoms with van der Waals surface area (Å²) in [7, 11) is 2.49. The molecule has 0 aromatic heterocycles. The van der Waals surface area contributed by atoms with Crippen LogP contribution < -0.4 is 0 Å². The second-order valence-corrected chi connectivity index (χ2v) is 3.02. The van der Waals surface area contributed by atoms with E-state index in [-0.39, 0.29) is 6.42 Å². The molecule has 0 bridgehead atoms. The van der Waals surface area contributed by atoms with Crippen molar-refractivity contribution in [3.8, 4) is 11.8 Å². The molecule has 0 aromatic rings. The van der Waals surface area contributed by atoms with E-state index in [9.17, 15) is 9.59 Å². The third-order valence-corrected chi connectivity index (χ3v) is 2.32. The van der Waals surface area contributed by atoms with Gasteiger partial charge in [-0.05, 0) is 13.3 Å². The van der Waals surface area contributed by atoms with Gasteiger partial charge >= 0.3 is 11.9 Å². The Labute approximate surface area is 89.9 Å². The molecule has 0 aliphatic carbocycles. The number of carbonyl (C=O) groups excluding carboxylic acids is 2. The van der Waals surface area contributed by atoms with E-state index in [1.165, 1.54) is 14.2 Å². The Kier molecular flexibility index (Phi) is 5.46. The number of esters is 2. The molecule has 0 saturated heterocycles. The first-order valence-corrected chi connectivity index (χ1v) is 4.65. The Morgan fingerprint density at radius 3 is 1.93 bits per heavy atom. The quantitative estimate of drug-likeness (QED) is 0.398. The monoisotopic (exact) mass is 212 g/mol. The van der Waals surface area contributed by atoms with Crippen molar-refractivity contribution in [3.05, 3.63) is 0 Å². The normalized spacial score (nSPS) is 9.87. The summed E-state index contributed by atoms with van der Waals surface area (Å²) in [5.74, 6) is 4.17. The molecule has 0 saturated carbocycles. The fraction of sp³-hybridized carbons (Fsp3) is 0.636. The van der Waals surface area contributed by atoms with Gasteiger partial charge in [0.15, 0.2) is 5.41 Å². The van der Waals surface area contributed by atoms with Crippen LogP contribution in [0.4, 0.5) is 0 Å². The molecule has 0 radical (unpaired) electrons. The average Bonchev–Trinajstić information content (AvgIpc) is 2.29. The smallest absolute Gasteiger partial charge is 0.324 e. The molecule has 4 heteroatoms. The zero-order chi connectivity index (χ0) is 11.9. The van der Waals surface area contributed by atoms with Crippen molar-refractivity contribution in [1.82, 2.24) is 0 Å². The van der Waals surface area contributed by atoms with E-state index in [4.69, 9.17) is 0 Å². The highest BCUT2D eigenvalue weighted by atomic mass is 16.5. The number of rotatable bonds is 4. The topological polar surface area (TPSA) is 52.6 Å². The number of ether oxygens (including phenoxy) is 2. The Morgan fingerprint density at radius 1 is 1.20 bits per heavy atom. The number of methoxy groups -OCH3 is 2. The fourth-order valence-electron chi connectivity index (χ4n) is 1.27. The lowest BCUT2D eigenvalue weighted by molar-refractivity contribution is -0.169. The molecule has 0 fully saturated rings. The lowest BCUT2D eigenvalue weighted by atomic mass is 9.82. The third kappa shape index (κ3) is 2.72. The second-order valence-electron chi connectivity index (χ2n) is 3.02. The summed E-state index contributed by atoms with van der Waals surface area (Å²) in [5.41, 5.74) is -1.29. The highest BCUT2D eigenvalue weighted by Crippen LogP contribution is 2.29. The first kappa shape index (κ1) is 13.5. The molecular weight excluding hydrogens is 196 g/mol. The molecule has 0 rings (SSSR count). The van der Waals surface area contributed by atoms with Crippen LogP contribution in [-0.2, 0) is 19.1 Å². The summed E-state index contributed by atoms with van der Waals surface area (Å²) in [6.07, 6.45) is 0.431. The van der Waals surface area contributed by atoms with Crippen LogP contribution in [0.3, 0.4) is 0 Å². The van der Waals surface area contributed by atoms with E-state index in [0.29, 0.717) is 6.42 Å². The Bertz CT molecular complexity index is 279. The molecule has 0 unspecified atom stereocenters. The van der Waals surface area contributed by atoms with Crippen molar-refractivity contribution in [1.29, 1.82) is 0 Å². The van der Waals surface area contributed by atoms with Gasteiger partial charge in [0.2, 0.25) is 0 Å². The SMILES string of the molecule is CC#CCC(CC)(C(=O)OC)C(=O)OC. The highest BCUT2D eigenvalue weighted by Gasteiger charge is 2.46. The maximum Gasteiger partial charge on any atom is 0.324 e. The van der Waals surface area contributed by atoms with E-state index in [1.54, 1.807) is 13.8 Å². The predicted octanol–water partition coefficient (Wildman–Crippen LogP) is 1.14. The molecule has 0 spiro atoms. The van der Waals surface area contributed by atoms with Gasteiger partial charge in [0.1, 0.15) is 0 Å². The molecule has 84 valence electrons. The predicted molar refractivity (Wildman–Crippen MR) is 54.8 cm³/mol. The molecule has 4 nitrogen and oxygen atoms in total. The zero-order valence-electron chi connectivity index (χ0n) is 9.55. The van der Waals surface area contributed by atoms with Crippen LogP contribution in [0.15, 0.2) is 0 Å². The molecule has 0 aliphatic heterocycles. The summed E-state index contributed by atoms with van der Waals surface area (Å²) < 4.78 is 9.24. The van der Waals surface area contributed by atoms with Crippen LogP contribution in [0, 0.1) is 17.3 Å². The van der Waals surface area contributed by atoms with Crippen LogP contribution in [-0.4, -0.2) is 26.2 Å². The first-order chi connectivity index (χ1) is 7.08. The standard InChI is InChI=1S/C11H16O4/c1-5-7-8-11(6-2,9(12)14-3)10(13)15-4/h6,8H2,1-4H3. The second kappa shape index (κ2) is 6.07. The van der Waals surface area contributed by atoms with E-state index in [0.717, 1.165) is 0 Å². The number of hydrogen-bond donors (Lipinski definition) is 0. The van der Waals surface area contributed by atoms with Gasteiger partial charge in [0, 0.05) is 6.42 Å². The molecule has 0 amide bonds. The van der Waals surface area contributed by atoms with Gasteiger partial charge in [0.25, 0.3) is 0 Å². The molecule has 15 heavy (non-hydrogen) atoms. The Balaban J connectivity index is 5.15. The van der Waals surface area contributed by atoms with Crippen molar-refractivity contribution in [2.24, 2.45) is 5.41 Å². The van der Waals surface area contributed by atoms with Crippen molar-refractivity contribution in [3.63, 3.8) is 0 Å². The van der Waals surface area contributed by atoms with E-state index in [1.807, 2.05) is 0 Å². The summed E-state index contributed by atoms with van der Waals surface area (Å²) in [6.45, 7) is 3.38. The van der Waals surface area contributed by atoms with Gasteiger partial charge in [-0.25, -0.2) is 0 Å². The maximum atomic E-state index is 11.6. The number of carbonyl (C=O) groups is 2. The zero-order valence-corrected chi connectivity index (χ0v) is 9.55. The lowest BCUT2D eigenvalue weighted by Crippen LogP contribution is -2.40. The summed E-state index contributed by atoms with van der Waals surface area (Å²) in [4.78, 5) is 23.2. The van der Waals surface area contributed by atoms with Crippen LogP contribution in [0.2, 0.25) is 0 Å². The minimum atomic E-state index is -1.29. The lowest BCUT2D eigenvalue weighted by Gasteiger charge is -2.24. The highest BCUT2D eigenvalue weighted by molar-refractivity contribution is 6.00. The first-order valence-electron chi connectivity index (χ1n) is 4.65. The fourth-order valence-corrected chi connectivity index (χ4v) is 1.27. The van der Waals surface area contributed by atoms with Crippen LogP contribution in [0.5, 0.6) is 0 Å². The van der Waals surface area contributed by atoms with Crippen LogP contribution in [0.25, 0.3) is 0 Å². The summed E-state index contributed by atoms with van der Waals surface area (Å²) in [6, 6.07) is 0. The largest absolute Gasteiger partial charge is 0.468 e. The Morgan fingerprint density at radius 2 is 1.67 bits per heavy atom. The molecule has 0 aromatic carbocycles. The van der Waals surface area contributed by atoms with Crippen molar-refractivity contribution < 1.29 is 19.1 Å². The van der Waals surface area contributed by atoms with Crippen molar-refractivity contribution in [2.75, 3.05) is 14.2 Å². The Hall–Kier alpha value is -1.50. The molecule has 0 heterocycles. The summed E-state index contributed by atoms with van der Waals surface area (Å²) in [5, 5.41) is 0. The van der Waals surface area contributed by atoms with Crippen LogP contribution in [0.1, 0.15) is 26.7 Å². The third-order valence-electron chi connectivity index (χ3n) is 2.32. The van der Waals surface area contributed by atoms with Gasteiger partial charge in [-0.15, -0.1) is 11.8 Å². The van der Waals surface area contributed by atoms with E-state index in [2.05, 4.69) is 21.3 Å². The minimum absolute atomic E-state index is 0.124.